The Balaban J connectivity index is 1.51. The fourth-order valence-corrected chi connectivity index (χ4v) is 4.76. The van der Waals surface area contributed by atoms with Crippen molar-refractivity contribution in [3.63, 3.8) is 0 Å². The summed E-state index contributed by atoms with van der Waals surface area (Å²) in [4.78, 5) is 46.5. The van der Waals surface area contributed by atoms with Crippen molar-refractivity contribution in [3.8, 4) is 5.75 Å². The van der Waals surface area contributed by atoms with Gasteiger partial charge in [-0.25, -0.2) is 14.8 Å². The first-order chi connectivity index (χ1) is 17.5. The Bertz CT molecular complexity index is 1280. The van der Waals surface area contributed by atoms with Gasteiger partial charge < -0.3 is 9.84 Å². The first-order valence-electron chi connectivity index (χ1n) is 11.9. The lowest BCUT2D eigenvalue weighted by molar-refractivity contribution is -0.126. The van der Waals surface area contributed by atoms with Gasteiger partial charge in [-0.15, -0.1) is 0 Å². The second-order valence-electron chi connectivity index (χ2n) is 8.76. The zero-order chi connectivity index (χ0) is 25.2. The molecule has 36 heavy (non-hydrogen) atoms. The summed E-state index contributed by atoms with van der Waals surface area (Å²) >= 11 is 0. The molecule has 2 heterocycles. The Kier molecular flexibility index (Phi) is 6.43. The molecule has 2 fully saturated rings. The van der Waals surface area contributed by atoms with Crippen LogP contribution in [0.2, 0.25) is 0 Å². The summed E-state index contributed by atoms with van der Waals surface area (Å²) in [6.45, 7) is 2.67. The summed E-state index contributed by atoms with van der Waals surface area (Å²) in [5, 5.41) is 11.3. The minimum absolute atomic E-state index is 0.0555. The van der Waals surface area contributed by atoms with Crippen LogP contribution in [0.4, 0.5) is 11.4 Å². The largest absolute Gasteiger partial charge is 0.494 e. The van der Waals surface area contributed by atoms with Gasteiger partial charge in [0.25, 0.3) is 5.91 Å². The molecule has 184 valence electrons. The monoisotopic (exact) mass is 486 g/mol. The number of anilines is 2. The number of aromatic carboxylic acids is 1. The molecule has 8 heteroatoms. The van der Waals surface area contributed by atoms with Crippen LogP contribution in [-0.4, -0.2) is 35.6 Å². The third-order valence-electron chi connectivity index (χ3n) is 6.50. The van der Waals surface area contributed by atoms with Gasteiger partial charge in [0.05, 0.1) is 29.6 Å². The van der Waals surface area contributed by atoms with Crippen molar-refractivity contribution in [2.75, 3.05) is 16.6 Å². The molecule has 2 aliphatic heterocycles. The van der Waals surface area contributed by atoms with E-state index in [1.807, 2.05) is 18.2 Å². The van der Waals surface area contributed by atoms with Crippen LogP contribution in [0.5, 0.6) is 5.75 Å². The first kappa shape index (κ1) is 23.6. The minimum atomic E-state index is -1.12. The number of ether oxygens (including phenoxy) is 1. The van der Waals surface area contributed by atoms with Gasteiger partial charge in [0.1, 0.15) is 11.7 Å². The molecule has 0 saturated carbocycles. The van der Waals surface area contributed by atoms with Crippen LogP contribution in [-0.2, 0) is 14.4 Å². The molecule has 0 spiro atoms. The SMILES string of the molecule is CCCCOc1ccc(N2C(=O)[C@@H]3[C@@H](c4ccccc4C(=O)O)N(c4ccccc4)O[C@H]3C2=O)cc1. The Morgan fingerprint density at radius 1 is 0.917 bits per heavy atom. The molecule has 5 rings (SSSR count). The standard InChI is InChI=1S/C28H26N2O6/c1-2-3-17-35-20-15-13-18(14-16-20)29-26(31)23-24(21-11-7-8-12-22(21)28(33)34)30(36-25(23)27(29)32)19-9-5-4-6-10-19/h4-16,23-25H,2-3,17H2,1H3,(H,33,34)/t23-,24-,25-/m1/s1. The third kappa shape index (κ3) is 4.09. The lowest BCUT2D eigenvalue weighted by Gasteiger charge is -2.29. The lowest BCUT2D eigenvalue weighted by Crippen LogP contribution is -2.37. The normalized spacial score (nSPS) is 21.1. The van der Waals surface area contributed by atoms with E-state index in [9.17, 15) is 19.5 Å². The van der Waals surface area contributed by atoms with Gasteiger partial charge in [0.2, 0.25) is 5.91 Å². The first-order valence-corrected chi connectivity index (χ1v) is 11.9. The summed E-state index contributed by atoms with van der Waals surface area (Å²) < 4.78 is 5.69. The molecular formula is C28H26N2O6. The van der Waals surface area contributed by atoms with Crippen LogP contribution in [0.25, 0.3) is 0 Å². The van der Waals surface area contributed by atoms with Crippen LogP contribution in [0.1, 0.15) is 41.7 Å². The molecule has 0 aliphatic carbocycles. The average Bonchev–Trinajstić information content (AvgIpc) is 3.41. The maximum atomic E-state index is 13.8. The molecule has 3 aromatic carbocycles. The minimum Gasteiger partial charge on any atom is -0.494 e. The van der Waals surface area contributed by atoms with E-state index in [4.69, 9.17) is 9.57 Å². The number of unbranched alkanes of at least 4 members (excludes halogenated alkanes) is 1. The number of carboxylic acids is 1. The molecule has 0 aromatic heterocycles. The van der Waals surface area contributed by atoms with Gasteiger partial charge in [-0.1, -0.05) is 49.7 Å². The molecule has 0 radical (unpaired) electrons. The van der Waals surface area contributed by atoms with Crippen molar-refractivity contribution in [1.82, 2.24) is 0 Å². The second-order valence-corrected chi connectivity index (χ2v) is 8.76. The average molecular weight is 487 g/mol. The number of carbonyl (C=O) groups excluding carboxylic acids is 2. The van der Waals surface area contributed by atoms with Crippen molar-refractivity contribution in [2.24, 2.45) is 5.92 Å². The fourth-order valence-electron chi connectivity index (χ4n) is 4.76. The van der Waals surface area contributed by atoms with Crippen LogP contribution in [0.3, 0.4) is 0 Å². The van der Waals surface area contributed by atoms with Gasteiger partial charge in [-0.05, 0) is 54.4 Å². The molecule has 2 aliphatic rings. The Morgan fingerprint density at radius 3 is 2.31 bits per heavy atom. The topological polar surface area (TPSA) is 96.4 Å². The van der Waals surface area contributed by atoms with Crippen molar-refractivity contribution in [2.45, 2.75) is 31.9 Å². The van der Waals surface area contributed by atoms with Gasteiger partial charge in [0, 0.05) is 0 Å². The highest BCUT2D eigenvalue weighted by Crippen LogP contribution is 2.48. The van der Waals surface area contributed by atoms with E-state index >= 15 is 0 Å². The summed E-state index contributed by atoms with van der Waals surface area (Å²) in [6, 6.07) is 21.6. The number of benzene rings is 3. The van der Waals surface area contributed by atoms with Crippen molar-refractivity contribution in [3.05, 3.63) is 90.0 Å². The van der Waals surface area contributed by atoms with Crippen LogP contribution in [0.15, 0.2) is 78.9 Å². The number of carbonyl (C=O) groups is 3. The number of hydrogen-bond donors (Lipinski definition) is 1. The highest BCUT2D eigenvalue weighted by Gasteiger charge is 2.60. The summed E-state index contributed by atoms with van der Waals surface area (Å²) in [5.74, 6) is -2.30. The van der Waals surface area contributed by atoms with E-state index in [0.29, 0.717) is 29.3 Å². The second kappa shape index (κ2) is 9.83. The molecule has 0 unspecified atom stereocenters. The number of hydrogen-bond acceptors (Lipinski definition) is 6. The van der Waals surface area contributed by atoms with E-state index < -0.39 is 35.8 Å². The van der Waals surface area contributed by atoms with Gasteiger partial charge in [-0.2, -0.15) is 0 Å². The van der Waals surface area contributed by atoms with Crippen molar-refractivity contribution in [1.29, 1.82) is 0 Å². The van der Waals surface area contributed by atoms with E-state index in [2.05, 4.69) is 6.92 Å². The van der Waals surface area contributed by atoms with Crippen molar-refractivity contribution < 1.29 is 29.1 Å². The number of para-hydroxylation sites is 1. The predicted molar refractivity (Wildman–Crippen MR) is 133 cm³/mol. The van der Waals surface area contributed by atoms with Crippen LogP contribution >= 0.6 is 0 Å². The predicted octanol–water partition coefficient (Wildman–Crippen LogP) is 4.61. The van der Waals surface area contributed by atoms with E-state index in [-0.39, 0.29) is 5.56 Å². The van der Waals surface area contributed by atoms with Gasteiger partial charge in [0.15, 0.2) is 6.10 Å². The molecule has 8 nitrogen and oxygen atoms in total. The number of carboxylic acid groups (broad SMARTS) is 1. The highest BCUT2D eigenvalue weighted by molar-refractivity contribution is 6.24. The number of rotatable bonds is 8. The number of fused-ring (bicyclic) bond motifs is 1. The van der Waals surface area contributed by atoms with E-state index in [0.717, 1.165) is 17.7 Å². The highest BCUT2D eigenvalue weighted by atomic mass is 16.7. The van der Waals surface area contributed by atoms with Crippen LogP contribution in [0, 0.1) is 5.92 Å². The molecule has 1 N–H and O–H groups in total. The Hall–Kier alpha value is -4.17. The number of nitrogens with zero attached hydrogens (tertiary/aromatic N) is 2. The number of hydroxylamine groups is 1. The maximum Gasteiger partial charge on any atom is 0.336 e. The number of amides is 2. The smallest absolute Gasteiger partial charge is 0.336 e. The van der Waals surface area contributed by atoms with Crippen molar-refractivity contribution >= 4 is 29.2 Å². The molecule has 3 atom stereocenters. The Morgan fingerprint density at radius 2 is 1.61 bits per heavy atom. The van der Waals surface area contributed by atoms with E-state index in [1.165, 1.54) is 11.1 Å². The zero-order valence-corrected chi connectivity index (χ0v) is 19.7. The maximum absolute atomic E-state index is 13.8. The molecule has 0 bridgehead atoms. The summed E-state index contributed by atoms with van der Waals surface area (Å²) in [7, 11) is 0. The zero-order valence-electron chi connectivity index (χ0n) is 19.7. The summed E-state index contributed by atoms with van der Waals surface area (Å²) in [6.07, 6.45) is 0.872. The van der Waals surface area contributed by atoms with Gasteiger partial charge >= 0.3 is 5.97 Å². The fraction of sp³-hybridized carbons (Fsp3) is 0.250. The number of imide groups is 1. The van der Waals surface area contributed by atoms with E-state index in [1.54, 1.807) is 54.6 Å². The molecule has 2 amide bonds. The Labute approximate surface area is 208 Å². The molecule has 2 saturated heterocycles. The summed E-state index contributed by atoms with van der Waals surface area (Å²) in [5.41, 5.74) is 1.50. The quantitative estimate of drug-likeness (QED) is 0.367. The van der Waals surface area contributed by atoms with Crippen LogP contribution < -0.4 is 14.7 Å². The molecule has 3 aromatic rings. The lowest BCUT2D eigenvalue weighted by atomic mass is 9.88. The third-order valence-corrected chi connectivity index (χ3v) is 6.50. The molecular weight excluding hydrogens is 460 g/mol. The van der Waals surface area contributed by atoms with Gasteiger partial charge in [-0.3, -0.25) is 14.4 Å².